The van der Waals surface area contributed by atoms with Crippen molar-refractivity contribution in [2.75, 3.05) is 25.0 Å². The Morgan fingerprint density at radius 3 is 2.60 bits per heavy atom. The van der Waals surface area contributed by atoms with E-state index in [2.05, 4.69) is 20.4 Å². The smallest absolute Gasteiger partial charge is 0.246 e. The molecule has 1 aliphatic heterocycles. The molecule has 30 heavy (non-hydrogen) atoms. The third-order valence-corrected chi connectivity index (χ3v) is 5.22. The summed E-state index contributed by atoms with van der Waals surface area (Å²) in [6.07, 6.45) is -0.379. The van der Waals surface area contributed by atoms with Crippen LogP contribution in [0.25, 0.3) is 0 Å². The van der Waals surface area contributed by atoms with Crippen LogP contribution < -0.4 is 5.32 Å². The van der Waals surface area contributed by atoms with Crippen LogP contribution in [0, 0.1) is 6.92 Å². The highest BCUT2D eigenvalue weighted by Crippen LogP contribution is 2.30. The van der Waals surface area contributed by atoms with Gasteiger partial charge in [0, 0.05) is 35.7 Å². The first-order valence-electron chi connectivity index (χ1n) is 9.47. The number of anilines is 1. The molecule has 0 bridgehead atoms. The van der Waals surface area contributed by atoms with E-state index in [0.717, 1.165) is 5.56 Å². The summed E-state index contributed by atoms with van der Waals surface area (Å²) in [4.78, 5) is 19.7. The van der Waals surface area contributed by atoms with Gasteiger partial charge >= 0.3 is 0 Å². The predicted octanol–water partition coefficient (Wildman–Crippen LogP) is 4.44. The Hall–Kier alpha value is -2.45. The topological polar surface area (TPSA) is 80.5 Å². The largest absolute Gasteiger partial charge is 0.367 e. The van der Waals surface area contributed by atoms with Crippen LogP contribution in [0.2, 0.25) is 10.0 Å². The second-order valence-corrected chi connectivity index (χ2v) is 7.86. The van der Waals surface area contributed by atoms with Crippen molar-refractivity contribution in [1.29, 1.82) is 0 Å². The van der Waals surface area contributed by atoms with Crippen molar-refractivity contribution in [1.82, 2.24) is 15.0 Å². The lowest BCUT2D eigenvalue weighted by molar-refractivity contribution is -0.125. The molecule has 1 aliphatic rings. The molecule has 0 saturated carbocycles. The molecule has 2 atom stereocenters. The summed E-state index contributed by atoms with van der Waals surface area (Å²) in [6, 6.07) is 14.0. The third-order valence-electron chi connectivity index (χ3n) is 4.79. The number of ether oxygens (including phenoxy) is 1. The van der Waals surface area contributed by atoms with Gasteiger partial charge in [0.15, 0.2) is 0 Å². The molecule has 1 amide bonds. The van der Waals surface area contributed by atoms with Gasteiger partial charge in [0.1, 0.15) is 12.1 Å². The molecule has 156 valence electrons. The van der Waals surface area contributed by atoms with Gasteiger partial charge in [-0.05, 0) is 23.8 Å². The minimum Gasteiger partial charge on any atom is -0.367 e. The number of halogens is 2. The number of carbonyl (C=O) groups is 1. The Balaban J connectivity index is 1.60. The number of aromatic nitrogens is 2. The van der Waals surface area contributed by atoms with E-state index in [0.29, 0.717) is 47.1 Å². The van der Waals surface area contributed by atoms with Gasteiger partial charge in [-0.25, -0.2) is 0 Å². The number of morpholine rings is 1. The number of hydrogen-bond donors (Lipinski definition) is 1. The van der Waals surface area contributed by atoms with Crippen molar-refractivity contribution in [3.05, 3.63) is 75.9 Å². The van der Waals surface area contributed by atoms with Crippen molar-refractivity contribution in [2.24, 2.45) is 0 Å². The fourth-order valence-corrected chi connectivity index (χ4v) is 4.03. The predicted molar refractivity (Wildman–Crippen MR) is 114 cm³/mol. The van der Waals surface area contributed by atoms with Crippen LogP contribution in [0.4, 0.5) is 5.69 Å². The lowest BCUT2D eigenvalue weighted by Gasteiger charge is -2.36. The molecule has 4 rings (SSSR count). The molecule has 1 saturated heterocycles. The molecular formula is C21H20Cl2N4O3. The van der Waals surface area contributed by atoms with Gasteiger partial charge in [-0.1, -0.05) is 58.7 Å². The minimum absolute atomic E-state index is 0.190. The van der Waals surface area contributed by atoms with Gasteiger partial charge in [0.2, 0.25) is 17.6 Å². The zero-order chi connectivity index (χ0) is 21.1. The Morgan fingerprint density at radius 1 is 1.20 bits per heavy atom. The molecular weight excluding hydrogens is 427 g/mol. The highest BCUT2D eigenvalue weighted by atomic mass is 35.5. The molecule has 0 aliphatic carbocycles. The maximum atomic E-state index is 13.4. The molecule has 0 spiro atoms. The van der Waals surface area contributed by atoms with Gasteiger partial charge in [-0.2, -0.15) is 4.98 Å². The fourth-order valence-electron chi connectivity index (χ4n) is 3.51. The van der Waals surface area contributed by atoms with Gasteiger partial charge in [0.25, 0.3) is 0 Å². The average Bonchev–Trinajstić information content (AvgIpc) is 3.15. The quantitative estimate of drug-likeness (QED) is 0.623. The molecule has 1 aromatic heterocycles. The van der Waals surface area contributed by atoms with E-state index in [1.165, 1.54) is 0 Å². The van der Waals surface area contributed by atoms with E-state index < -0.39 is 6.04 Å². The summed E-state index contributed by atoms with van der Waals surface area (Å²) in [5.41, 5.74) is 1.41. The number of carbonyl (C=O) groups excluding carboxylic acids is 1. The second kappa shape index (κ2) is 9.14. The molecule has 0 unspecified atom stereocenters. The standard InChI is InChI=1S/C21H20Cl2N4O3/c1-13-24-20(26-30-13)18-12-27(7-8-29-18)19(14-5-3-2-4-6-14)21(28)25-17-10-15(22)9-16(23)11-17/h2-6,9-11,18-19H,7-8,12H2,1H3,(H,25,28)/t18-,19-/m1/s1. The summed E-state index contributed by atoms with van der Waals surface area (Å²) in [6.45, 7) is 3.20. The Kier molecular flexibility index (Phi) is 6.34. The van der Waals surface area contributed by atoms with E-state index in [9.17, 15) is 4.79 Å². The molecule has 9 heteroatoms. The number of amides is 1. The zero-order valence-electron chi connectivity index (χ0n) is 16.2. The number of aryl methyl sites for hydroxylation is 1. The molecule has 1 fully saturated rings. The van der Waals surface area contributed by atoms with Crippen LogP contribution in [-0.2, 0) is 9.53 Å². The van der Waals surface area contributed by atoms with Crippen molar-refractivity contribution in [3.8, 4) is 0 Å². The number of hydrogen-bond acceptors (Lipinski definition) is 6. The van der Waals surface area contributed by atoms with Crippen molar-refractivity contribution in [2.45, 2.75) is 19.1 Å². The normalized spacial score (nSPS) is 18.2. The van der Waals surface area contributed by atoms with Crippen molar-refractivity contribution in [3.63, 3.8) is 0 Å². The first-order valence-corrected chi connectivity index (χ1v) is 10.2. The van der Waals surface area contributed by atoms with E-state index >= 15 is 0 Å². The molecule has 2 heterocycles. The number of nitrogens with one attached hydrogen (secondary N) is 1. The van der Waals surface area contributed by atoms with Crippen LogP contribution in [0.3, 0.4) is 0 Å². The Labute approximate surface area is 183 Å². The molecule has 2 aromatic carbocycles. The summed E-state index contributed by atoms with van der Waals surface area (Å²) in [5.74, 6) is 0.761. The molecule has 1 N–H and O–H groups in total. The van der Waals surface area contributed by atoms with Crippen LogP contribution in [-0.4, -0.2) is 40.6 Å². The monoisotopic (exact) mass is 446 g/mol. The lowest BCUT2D eigenvalue weighted by atomic mass is 10.0. The summed E-state index contributed by atoms with van der Waals surface area (Å²) in [5, 5.41) is 7.81. The van der Waals surface area contributed by atoms with Gasteiger partial charge in [-0.15, -0.1) is 0 Å². The first-order chi connectivity index (χ1) is 14.5. The van der Waals surface area contributed by atoms with Gasteiger partial charge < -0.3 is 14.6 Å². The number of rotatable bonds is 5. The maximum Gasteiger partial charge on any atom is 0.246 e. The van der Waals surface area contributed by atoms with Gasteiger partial charge in [-0.3, -0.25) is 9.69 Å². The fraction of sp³-hybridized carbons (Fsp3) is 0.286. The zero-order valence-corrected chi connectivity index (χ0v) is 17.7. The van der Waals surface area contributed by atoms with E-state index in [4.69, 9.17) is 32.5 Å². The molecule has 7 nitrogen and oxygen atoms in total. The van der Waals surface area contributed by atoms with Crippen LogP contribution in [0.5, 0.6) is 0 Å². The lowest BCUT2D eigenvalue weighted by Crippen LogP contribution is -2.45. The van der Waals surface area contributed by atoms with Crippen LogP contribution in [0.1, 0.15) is 29.4 Å². The molecule has 0 radical (unpaired) electrons. The Bertz CT molecular complexity index is 1010. The van der Waals surface area contributed by atoms with E-state index in [-0.39, 0.29) is 12.0 Å². The summed E-state index contributed by atoms with van der Waals surface area (Å²) < 4.78 is 10.9. The number of benzene rings is 2. The highest BCUT2D eigenvalue weighted by molar-refractivity contribution is 6.35. The van der Waals surface area contributed by atoms with E-state index in [1.807, 2.05) is 30.3 Å². The van der Waals surface area contributed by atoms with Gasteiger partial charge in [0.05, 0.1) is 6.61 Å². The maximum absolute atomic E-state index is 13.4. The number of nitrogens with zero attached hydrogens (tertiary/aromatic N) is 3. The summed E-state index contributed by atoms with van der Waals surface area (Å²) >= 11 is 12.2. The van der Waals surface area contributed by atoms with Crippen molar-refractivity contribution >= 4 is 34.8 Å². The Morgan fingerprint density at radius 2 is 1.93 bits per heavy atom. The summed E-state index contributed by atoms with van der Waals surface area (Å²) in [7, 11) is 0. The van der Waals surface area contributed by atoms with Crippen molar-refractivity contribution < 1.29 is 14.1 Å². The van der Waals surface area contributed by atoms with E-state index in [1.54, 1.807) is 25.1 Å². The molecule has 3 aromatic rings. The van der Waals surface area contributed by atoms with Crippen LogP contribution >= 0.6 is 23.2 Å². The van der Waals surface area contributed by atoms with Crippen LogP contribution in [0.15, 0.2) is 53.1 Å². The highest BCUT2D eigenvalue weighted by Gasteiger charge is 2.34. The average molecular weight is 447 g/mol. The third kappa shape index (κ3) is 4.82. The SMILES string of the molecule is Cc1nc([C@H]2CN([C@@H](C(=O)Nc3cc(Cl)cc(Cl)c3)c3ccccc3)CCO2)no1. The minimum atomic E-state index is -0.539. The first kappa shape index (κ1) is 20.8. The second-order valence-electron chi connectivity index (χ2n) is 6.99.